The molecule has 5 heteroatoms. The van der Waals surface area contributed by atoms with E-state index < -0.39 is 6.29 Å². The van der Waals surface area contributed by atoms with Crippen molar-refractivity contribution in [2.24, 2.45) is 5.92 Å². The van der Waals surface area contributed by atoms with Gasteiger partial charge in [0.25, 0.3) is 0 Å². The van der Waals surface area contributed by atoms with Gasteiger partial charge in [-0.25, -0.2) is 0 Å². The second-order valence-electron chi connectivity index (χ2n) is 6.62. The van der Waals surface area contributed by atoms with Gasteiger partial charge in [0.05, 0.1) is 0 Å². The Morgan fingerprint density at radius 1 is 1.29 bits per heavy atom. The van der Waals surface area contributed by atoms with E-state index in [-0.39, 0.29) is 30.6 Å². The minimum atomic E-state index is -0.694. The maximum Gasteiger partial charge on any atom is 0.308 e. The first-order valence-electron chi connectivity index (χ1n) is 8.65. The fourth-order valence-electron chi connectivity index (χ4n) is 2.80. The van der Waals surface area contributed by atoms with Gasteiger partial charge in [-0.3, -0.25) is 9.59 Å². The molecule has 5 nitrogen and oxygen atoms in total. The smallest absolute Gasteiger partial charge is 0.308 e. The molecule has 0 aromatic heterocycles. The first-order chi connectivity index (χ1) is 11.5. The van der Waals surface area contributed by atoms with Gasteiger partial charge in [-0.05, 0) is 24.3 Å². The molecule has 0 spiro atoms. The average molecular weight is 333 g/mol. The molecule has 132 valence electrons. The summed E-state index contributed by atoms with van der Waals surface area (Å²) in [5.41, 5.74) is 1.09. The number of nitrogens with zero attached hydrogens (tertiary/aromatic N) is 1. The number of carbonyl (C=O) groups excluding carboxylic acids is 2. The average Bonchev–Trinajstić information content (AvgIpc) is 2.90. The Morgan fingerprint density at radius 2 is 2.00 bits per heavy atom. The lowest BCUT2D eigenvalue weighted by atomic mass is 10.0. The molecule has 0 aliphatic carbocycles. The van der Waals surface area contributed by atoms with Crippen LogP contribution in [-0.4, -0.2) is 35.8 Å². The third kappa shape index (κ3) is 5.06. The summed E-state index contributed by atoms with van der Waals surface area (Å²) in [5, 5.41) is 0. The van der Waals surface area contributed by atoms with Gasteiger partial charge in [-0.1, -0.05) is 51.1 Å². The second-order valence-corrected chi connectivity index (χ2v) is 6.62. The summed E-state index contributed by atoms with van der Waals surface area (Å²) in [5.74, 6) is 0.0373. The number of hydrogen-bond donors (Lipinski definition) is 0. The number of benzene rings is 1. The largest absolute Gasteiger partial charge is 0.433 e. The topological polar surface area (TPSA) is 55.8 Å². The van der Waals surface area contributed by atoms with Crippen molar-refractivity contribution in [3.8, 4) is 0 Å². The van der Waals surface area contributed by atoms with E-state index in [0.29, 0.717) is 19.3 Å². The van der Waals surface area contributed by atoms with Crippen molar-refractivity contribution in [3.63, 3.8) is 0 Å². The van der Waals surface area contributed by atoms with E-state index in [1.807, 2.05) is 51.1 Å². The van der Waals surface area contributed by atoms with Crippen LogP contribution >= 0.6 is 0 Å². The zero-order chi connectivity index (χ0) is 17.5. The fraction of sp³-hybridized carbons (Fsp3) is 0.579. The van der Waals surface area contributed by atoms with E-state index in [2.05, 4.69) is 0 Å². The minimum absolute atomic E-state index is 0.0416. The molecule has 1 aliphatic heterocycles. The van der Waals surface area contributed by atoms with E-state index in [1.54, 1.807) is 4.90 Å². The van der Waals surface area contributed by atoms with Crippen LogP contribution in [0.1, 0.15) is 45.6 Å². The summed E-state index contributed by atoms with van der Waals surface area (Å²) in [6.45, 7) is 6.13. The highest BCUT2D eigenvalue weighted by Crippen LogP contribution is 2.24. The molecule has 1 saturated heterocycles. The lowest BCUT2D eigenvalue weighted by molar-refractivity contribution is -0.171. The Balaban J connectivity index is 2.12. The van der Waals surface area contributed by atoms with Gasteiger partial charge < -0.3 is 14.4 Å². The molecule has 2 atom stereocenters. The normalized spacial score (nSPS) is 20.4. The van der Waals surface area contributed by atoms with Crippen molar-refractivity contribution in [2.75, 3.05) is 6.73 Å². The molecule has 2 rings (SSSR count). The molecule has 0 N–H and O–H groups in total. The number of ether oxygens (including phenoxy) is 2. The van der Waals surface area contributed by atoms with Crippen LogP contribution in [0.25, 0.3) is 0 Å². The maximum atomic E-state index is 12.5. The number of carbonyl (C=O) groups is 2. The summed E-state index contributed by atoms with van der Waals surface area (Å²) in [4.78, 5) is 26.1. The monoisotopic (exact) mass is 333 g/mol. The van der Waals surface area contributed by atoms with Crippen molar-refractivity contribution in [3.05, 3.63) is 35.9 Å². The van der Waals surface area contributed by atoms with E-state index in [0.717, 1.165) is 12.0 Å². The highest BCUT2D eigenvalue weighted by Gasteiger charge is 2.40. The van der Waals surface area contributed by atoms with Gasteiger partial charge in [0.2, 0.25) is 12.2 Å². The van der Waals surface area contributed by atoms with E-state index in [1.165, 1.54) is 0 Å². The van der Waals surface area contributed by atoms with Gasteiger partial charge in [-0.2, -0.15) is 0 Å². The van der Waals surface area contributed by atoms with Crippen molar-refractivity contribution >= 4 is 11.9 Å². The zero-order valence-electron chi connectivity index (χ0n) is 14.7. The van der Waals surface area contributed by atoms with Crippen LogP contribution in [0.5, 0.6) is 0 Å². The molecule has 1 fully saturated rings. The third-order valence-corrected chi connectivity index (χ3v) is 3.98. The number of amides is 1. The van der Waals surface area contributed by atoms with E-state index in [9.17, 15) is 9.59 Å². The molecule has 0 radical (unpaired) electrons. The van der Waals surface area contributed by atoms with Crippen molar-refractivity contribution < 1.29 is 19.1 Å². The Morgan fingerprint density at radius 3 is 2.62 bits per heavy atom. The van der Waals surface area contributed by atoms with Crippen LogP contribution in [0.2, 0.25) is 0 Å². The van der Waals surface area contributed by atoms with Crippen molar-refractivity contribution in [1.29, 1.82) is 0 Å². The van der Waals surface area contributed by atoms with Crippen LogP contribution < -0.4 is 0 Å². The second kappa shape index (κ2) is 8.83. The highest BCUT2D eigenvalue weighted by atomic mass is 16.7. The lowest BCUT2D eigenvalue weighted by Gasteiger charge is -2.26. The molecule has 24 heavy (non-hydrogen) atoms. The molecule has 0 saturated carbocycles. The predicted molar refractivity (Wildman–Crippen MR) is 91.0 cm³/mol. The molecule has 0 bridgehead atoms. The quantitative estimate of drug-likeness (QED) is 0.719. The Kier molecular flexibility index (Phi) is 6.79. The third-order valence-electron chi connectivity index (χ3n) is 3.98. The maximum absolute atomic E-state index is 12.5. The zero-order valence-corrected chi connectivity index (χ0v) is 14.7. The van der Waals surface area contributed by atoms with Crippen LogP contribution in [0.15, 0.2) is 30.3 Å². The van der Waals surface area contributed by atoms with Crippen LogP contribution in [0, 0.1) is 5.92 Å². The number of esters is 1. The molecular formula is C19H27NO4. The van der Waals surface area contributed by atoms with E-state index in [4.69, 9.17) is 9.47 Å². The van der Waals surface area contributed by atoms with Crippen molar-refractivity contribution in [2.45, 2.75) is 58.8 Å². The van der Waals surface area contributed by atoms with Gasteiger partial charge in [0.1, 0.15) is 12.8 Å². The Hall–Kier alpha value is -1.88. The highest BCUT2D eigenvalue weighted by molar-refractivity contribution is 5.77. The van der Waals surface area contributed by atoms with Gasteiger partial charge in [-0.15, -0.1) is 0 Å². The summed E-state index contributed by atoms with van der Waals surface area (Å²) >= 11 is 0. The van der Waals surface area contributed by atoms with Crippen LogP contribution in [0.4, 0.5) is 0 Å². The number of rotatable bonds is 7. The SMILES string of the molecule is CCCC(=O)O[C@@H]1OCN(C(=O)CC(C)C)[C@H]1Cc1ccccc1. The molecule has 1 amide bonds. The van der Waals surface area contributed by atoms with Gasteiger partial charge >= 0.3 is 5.97 Å². The first kappa shape index (κ1) is 18.5. The first-order valence-corrected chi connectivity index (χ1v) is 8.65. The van der Waals surface area contributed by atoms with Crippen LogP contribution in [0.3, 0.4) is 0 Å². The lowest BCUT2D eigenvalue weighted by Crippen LogP contribution is -2.42. The molecule has 1 aliphatic rings. The van der Waals surface area contributed by atoms with Gasteiger partial charge in [0.15, 0.2) is 0 Å². The molecule has 1 aromatic rings. The molecule has 1 heterocycles. The van der Waals surface area contributed by atoms with E-state index >= 15 is 0 Å². The summed E-state index contributed by atoms with van der Waals surface area (Å²) < 4.78 is 11.1. The predicted octanol–water partition coefficient (Wildman–Crippen LogP) is 3.13. The standard InChI is InChI=1S/C19H27NO4/c1-4-8-18(22)24-19-16(12-15-9-6-5-7-10-15)20(13-23-19)17(21)11-14(2)3/h5-7,9-10,14,16,19H,4,8,11-13H2,1-3H3/t16-,19-/m0/s1. The summed E-state index contributed by atoms with van der Waals surface area (Å²) in [7, 11) is 0. The Labute approximate surface area is 143 Å². The molecular weight excluding hydrogens is 306 g/mol. The fourth-order valence-corrected chi connectivity index (χ4v) is 2.80. The molecule has 0 unspecified atom stereocenters. The summed E-state index contributed by atoms with van der Waals surface area (Å²) in [6.07, 6.45) is 1.46. The minimum Gasteiger partial charge on any atom is -0.433 e. The van der Waals surface area contributed by atoms with Crippen molar-refractivity contribution in [1.82, 2.24) is 4.90 Å². The Bertz CT molecular complexity index is 544. The van der Waals surface area contributed by atoms with Crippen LogP contribution in [-0.2, 0) is 25.5 Å². The number of hydrogen-bond acceptors (Lipinski definition) is 4. The molecule has 1 aromatic carbocycles. The van der Waals surface area contributed by atoms with Gasteiger partial charge in [0, 0.05) is 12.8 Å². The summed E-state index contributed by atoms with van der Waals surface area (Å²) in [6, 6.07) is 9.62.